The summed E-state index contributed by atoms with van der Waals surface area (Å²) in [4.78, 5) is 21.9. The molecule has 1 aromatic carbocycles. The molecule has 0 bridgehead atoms. The molecule has 0 radical (unpaired) electrons. The van der Waals surface area contributed by atoms with Crippen LogP contribution in [0.25, 0.3) is 0 Å². The van der Waals surface area contributed by atoms with E-state index in [9.17, 15) is 9.59 Å². The van der Waals surface area contributed by atoms with Crippen LogP contribution >= 0.6 is 0 Å². The van der Waals surface area contributed by atoms with Crippen LogP contribution in [0.1, 0.15) is 38.7 Å². The molecule has 0 spiro atoms. The standard InChI is InChI=1S/C16H23NO5/c1-3-9-22-13-6-5-12(10-14(13)21-4-2)11-17-15(18)7-8-16(19)20/h5-6,10H,3-4,7-9,11H2,1-2H3,(H,17,18)(H,19,20). The first-order valence-electron chi connectivity index (χ1n) is 7.43. The number of carbonyl (C=O) groups excluding carboxylic acids is 1. The molecule has 0 fully saturated rings. The van der Waals surface area contributed by atoms with Gasteiger partial charge in [-0.3, -0.25) is 9.59 Å². The van der Waals surface area contributed by atoms with Crippen LogP contribution in [0.4, 0.5) is 0 Å². The Morgan fingerprint density at radius 1 is 1.14 bits per heavy atom. The normalized spacial score (nSPS) is 10.1. The Bertz CT molecular complexity index is 501. The zero-order valence-electron chi connectivity index (χ0n) is 13.1. The summed E-state index contributed by atoms with van der Waals surface area (Å²) in [5, 5.41) is 11.2. The van der Waals surface area contributed by atoms with Crippen molar-refractivity contribution in [2.24, 2.45) is 0 Å². The van der Waals surface area contributed by atoms with Gasteiger partial charge in [0.15, 0.2) is 11.5 Å². The zero-order chi connectivity index (χ0) is 16.4. The highest BCUT2D eigenvalue weighted by atomic mass is 16.5. The van der Waals surface area contributed by atoms with Gasteiger partial charge in [-0.15, -0.1) is 0 Å². The molecule has 1 rings (SSSR count). The molecular formula is C16H23NO5. The van der Waals surface area contributed by atoms with E-state index in [-0.39, 0.29) is 18.7 Å². The Morgan fingerprint density at radius 3 is 2.55 bits per heavy atom. The molecule has 1 aromatic rings. The average Bonchev–Trinajstić information content (AvgIpc) is 2.50. The van der Waals surface area contributed by atoms with Crippen molar-refractivity contribution in [3.63, 3.8) is 0 Å². The molecule has 0 aliphatic heterocycles. The molecule has 122 valence electrons. The SMILES string of the molecule is CCCOc1ccc(CNC(=O)CCC(=O)O)cc1OCC. The number of benzene rings is 1. The van der Waals surface area contributed by atoms with E-state index in [2.05, 4.69) is 5.32 Å². The average molecular weight is 309 g/mol. The molecule has 0 aromatic heterocycles. The first-order valence-corrected chi connectivity index (χ1v) is 7.43. The van der Waals surface area contributed by atoms with Gasteiger partial charge < -0.3 is 19.9 Å². The highest BCUT2D eigenvalue weighted by Gasteiger charge is 2.08. The number of rotatable bonds is 10. The zero-order valence-corrected chi connectivity index (χ0v) is 13.1. The summed E-state index contributed by atoms with van der Waals surface area (Å²) in [5.41, 5.74) is 0.871. The van der Waals surface area contributed by atoms with Crippen molar-refractivity contribution in [2.45, 2.75) is 39.7 Å². The third kappa shape index (κ3) is 6.47. The number of hydrogen-bond acceptors (Lipinski definition) is 4. The number of ether oxygens (including phenoxy) is 2. The second-order valence-corrected chi connectivity index (χ2v) is 4.73. The fourth-order valence-corrected chi connectivity index (χ4v) is 1.77. The third-order valence-corrected chi connectivity index (χ3v) is 2.83. The van der Waals surface area contributed by atoms with Crippen LogP contribution in [0.2, 0.25) is 0 Å². The lowest BCUT2D eigenvalue weighted by molar-refractivity contribution is -0.138. The Hall–Kier alpha value is -2.24. The Balaban J connectivity index is 2.61. The van der Waals surface area contributed by atoms with E-state index in [4.69, 9.17) is 14.6 Å². The minimum atomic E-state index is -0.980. The molecule has 0 saturated carbocycles. The van der Waals surface area contributed by atoms with Gasteiger partial charge in [0.25, 0.3) is 0 Å². The van der Waals surface area contributed by atoms with Crippen LogP contribution < -0.4 is 14.8 Å². The second kappa shape index (κ2) is 9.65. The van der Waals surface area contributed by atoms with E-state index in [0.29, 0.717) is 31.3 Å². The topological polar surface area (TPSA) is 84.9 Å². The highest BCUT2D eigenvalue weighted by molar-refractivity contribution is 5.80. The number of carboxylic acids is 1. The molecule has 0 heterocycles. The molecule has 22 heavy (non-hydrogen) atoms. The van der Waals surface area contributed by atoms with Gasteiger partial charge in [-0.2, -0.15) is 0 Å². The summed E-state index contributed by atoms with van der Waals surface area (Å²) < 4.78 is 11.2. The maximum atomic E-state index is 11.5. The molecule has 0 aliphatic carbocycles. The van der Waals surface area contributed by atoms with Gasteiger partial charge in [-0.1, -0.05) is 13.0 Å². The van der Waals surface area contributed by atoms with E-state index in [1.54, 1.807) is 0 Å². The van der Waals surface area contributed by atoms with Gasteiger partial charge in [0.05, 0.1) is 19.6 Å². The molecule has 6 heteroatoms. The Kier molecular flexibility index (Phi) is 7.81. The van der Waals surface area contributed by atoms with Gasteiger partial charge in [0.2, 0.25) is 5.91 Å². The van der Waals surface area contributed by atoms with E-state index in [0.717, 1.165) is 12.0 Å². The van der Waals surface area contributed by atoms with Crippen molar-refractivity contribution in [3.8, 4) is 11.5 Å². The molecule has 1 amide bonds. The van der Waals surface area contributed by atoms with Crippen molar-refractivity contribution >= 4 is 11.9 Å². The summed E-state index contributed by atoms with van der Waals surface area (Å²) in [5.74, 6) is 0.0655. The van der Waals surface area contributed by atoms with E-state index in [1.165, 1.54) is 0 Å². The second-order valence-electron chi connectivity index (χ2n) is 4.73. The molecule has 0 saturated heterocycles. The van der Waals surface area contributed by atoms with Crippen molar-refractivity contribution in [1.29, 1.82) is 0 Å². The molecular weight excluding hydrogens is 286 g/mol. The monoisotopic (exact) mass is 309 g/mol. The molecule has 0 aliphatic rings. The number of nitrogens with one attached hydrogen (secondary N) is 1. The number of carbonyl (C=O) groups is 2. The molecule has 6 nitrogen and oxygen atoms in total. The maximum absolute atomic E-state index is 11.5. The Labute approximate surface area is 130 Å². The molecule has 2 N–H and O–H groups in total. The van der Waals surface area contributed by atoms with E-state index in [1.807, 2.05) is 32.0 Å². The summed E-state index contributed by atoms with van der Waals surface area (Å²) in [6, 6.07) is 5.50. The maximum Gasteiger partial charge on any atom is 0.303 e. The number of carboxylic acid groups (broad SMARTS) is 1. The minimum absolute atomic E-state index is 0.0225. The van der Waals surface area contributed by atoms with Gasteiger partial charge in [0.1, 0.15) is 0 Å². The van der Waals surface area contributed by atoms with Crippen LogP contribution in [-0.2, 0) is 16.1 Å². The third-order valence-electron chi connectivity index (χ3n) is 2.83. The summed E-state index contributed by atoms with van der Waals surface area (Å²) in [7, 11) is 0. The van der Waals surface area contributed by atoms with Gasteiger partial charge in [-0.05, 0) is 31.0 Å². The minimum Gasteiger partial charge on any atom is -0.490 e. The van der Waals surface area contributed by atoms with E-state index >= 15 is 0 Å². The van der Waals surface area contributed by atoms with E-state index < -0.39 is 5.97 Å². The predicted molar refractivity (Wildman–Crippen MR) is 82.1 cm³/mol. The number of amides is 1. The first-order chi connectivity index (χ1) is 10.6. The van der Waals surface area contributed by atoms with Crippen LogP contribution in [-0.4, -0.2) is 30.2 Å². The van der Waals surface area contributed by atoms with Crippen molar-refractivity contribution < 1.29 is 24.2 Å². The molecule has 0 unspecified atom stereocenters. The summed E-state index contributed by atoms with van der Waals surface area (Å²) in [6.45, 7) is 5.39. The largest absolute Gasteiger partial charge is 0.490 e. The van der Waals surface area contributed by atoms with Crippen molar-refractivity contribution in [2.75, 3.05) is 13.2 Å². The lowest BCUT2D eigenvalue weighted by Gasteiger charge is -2.13. The quantitative estimate of drug-likeness (QED) is 0.693. The fraction of sp³-hybridized carbons (Fsp3) is 0.500. The highest BCUT2D eigenvalue weighted by Crippen LogP contribution is 2.28. The summed E-state index contributed by atoms with van der Waals surface area (Å²) >= 11 is 0. The van der Waals surface area contributed by atoms with Crippen molar-refractivity contribution in [1.82, 2.24) is 5.32 Å². The number of aliphatic carboxylic acids is 1. The fourth-order valence-electron chi connectivity index (χ4n) is 1.77. The van der Waals surface area contributed by atoms with Crippen LogP contribution in [0, 0.1) is 0 Å². The first kappa shape index (κ1) is 17.8. The van der Waals surface area contributed by atoms with Gasteiger partial charge in [0, 0.05) is 13.0 Å². The van der Waals surface area contributed by atoms with Gasteiger partial charge in [-0.25, -0.2) is 0 Å². The lowest BCUT2D eigenvalue weighted by atomic mass is 10.2. The number of hydrogen-bond donors (Lipinski definition) is 2. The molecule has 0 atom stereocenters. The summed E-state index contributed by atoms with van der Waals surface area (Å²) in [6.07, 6.45) is 0.720. The lowest BCUT2D eigenvalue weighted by Crippen LogP contribution is -2.23. The van der Waals surface area contributed by atoms with Crippen LogP contribution in [0.5, 0.6) is 11.5 Å². The predicted octanol–water partition coefficient (Wildman–Crippen LogP) is 2.36. The van der Waals surface area contributed by atoms with Gasteiger partial charge >= 0.3 is 5.97 Å². The van der Waals surface area contributed by atoms with Crippen LogP contribution in [0.15, 0.2) is 18.2 Å². The van der Waals surface area contributed by atoms with Crippen LogP contribution in [0.3, 0.4) is 0 Å². The smallest absolute Gasteiger partial charge is 0.303 e. The van der Waals surface area contributed by atoms with Crippen molar-refractivity contribution in [3.05, 3.63) is 23.8 Å². The Morgan fingerprint density at radius 2 is 1.91 bits per heavy atom.